The molecule has 2 aliphatic rings. The number of ether oxygens (including phenoxy) is 6. The maximum Gasteiger partial charge on any atom is 0.330 e. The summed E-state index contributed by atoms with van der Waals surface area (Å²) >= 11 is 0. The van der Waals surface area contributed by atoms with Crippen molar-refractivity contribution in [2.45, 2.75) is 115 Å². The van der Waals surface area contributed by atoms with Gasteiger partial charge < -0.3 is 28.4 Å². The van der Waals surface area contributed by atoms with E-state index in [4.69, 9.17) is 28.4 Å². The molecule has 0 heterocycles. The molecule has 48 heavy (non-hydrogen) atoms. The van der Waals surface area contributed by atoms with Crippen molar-refractivity contribution >= 4 is 23.9 Å². The molecule has 0 N–H and O–H groups in total. The molecule has 1 aromatic carbocycles. The number of esters is 4. The Bertz CT molecular complexity index is 1040. The van der Waals surface area contributed by atoms with Crippen LogP contribution in [0.15, 0.2) is 49.6 Å². The van der Waals surface area contributed by atoms with Crippen LogP contribution < -0.4 is 9.47 Å². The second-order valence-corrected chi connectivity index (χ2v) is 12.6. The molecule has 10 nitrogen and oxygen atoms in total. The van der Waals surface area contributed by atoms with E-state index in [0.29, 0.717) is 37.9 Å². The highest BCUT2D eigenvalue weighted by Crippen LogP contribution is 2.30. The number of hydrogen-bond donors (Lipinski definition) is 0. The molecular formula is C38H54O10. The van der Waals surface area contributed by atoms with Gasteiger partial charge in [-0.3, -0.25) is 9.59 Å². The standard InChI is InChI=1S/C38H54O10/c1-3-35(39)45-27-11-7-5-9-25-43-31-17-13-29(14-18-31)37(41)47-33-21-23-34(24-22-33)48-38(42)30-15-19-32(20-16-30)44-26-10-6-8-12-28-46-36(40)4-2/h3-4,21-24,29-32H,1-2,5-20,25-28H2. The molecule has 0 radical (unpaired) electrons. The van der Waals surface area contributed by atoms with Crippen LogP contribution in [0.25, 0.3) is 0 Å². The number of hydrogen-bond acceptors (Lipinski definition) is 10. The molecule has 0 amide bonds. The van der Waals surface area contributed by atoms with Gasteiger partial charge in [0.25, 0.3) is 0 Å². The Balaban J connectivity index is 1.21. The highest BCUT2D eigenvalue weighted by Gasteiger charge is 2.29. The quantitative estimate of drug-likeness (QED) is 0.0540. The van der Waals surface area contributed by atoms with Gasteiger partial charge in [-0.2, -0.15) is 0 Å². The molecule has 0 spiro atoms. The smallest absolute Gasteiger partial charge is 0.330 e. The van der Waals surface area contributed by atoms with Gasteiger partial charge in [0, 0.05) is 25.4 Å². The predicted octanol–water partition coefficient (Wildman–Crippen LogP) is 7.23. The van der Waals surface area contributed by atoms with Crippen LogP contribution in [-0.2, 0) is 38.1 Å². The topological polar surface area (TPSA) is 124 Å². The fraction of sp³-hybridized carbons (Fsp3) is 0.632. The maximum absolute atomic E-state index is 12.8. The van der Waals surface area contributed by atoms with Crippen molar-refractivity contribution in [2.24, 2.45) is 11.8 Å². The number of carbonyl (C=O) groups excluding carboxylic acids is 4. The van der Waals surface area contributed by atoms with E-state index in [1.54, 1.807) is 24.3 Å². The summed E-state index contributed by atoms with van der Waals surface area (Å²) in [6.45, 7) is 8.99. The Labute approximate surface area is 285 Å². The van der Waals surface area contributed by atoms with Gasteiger partial charge in [0.15, 0.2) is 0 Å². The van der Waals surface area contributed by atoms with Crippen LogP contribution in [0.3, 0.4) is 0 Å². The highest BCUT2D eigenvalue weighted by atomic mass is 16.5. The maximum atomic E-state index is 12.8. The molecule has 1 aromatic rings. The molecule has 0 saturated heterocycles. The normalized spacial score (nSPS) is 20.7. The van der Waals surface area contributed by atoms with Crippen molar-refractivity contribution in [1.29, 1.82) is 0 Å². The lowest BCUT2D eigenvalue weighted by molar-refractivity contribution is -0.142. The molecule has 10 heteroatoms. The van der Waals surface area contributed by atoms with E-state index in [1.165, 1.54) is 12.2 Å². The lowest BCUT2D eigenvalue weighted by Crippen LogP contribution is -2.29. The van der Waals surface area contributed by atoms with Crippen LogP contribution >= 0.6 is 0 Å². The Hall–Kier alpha value is -3.50. The predicted molar refractivity (Wildman–Crippen MR) is 180 cm³/mol. The Kier molecular flexibility index (Phi) is 18.6. The Morgan fingerprint density at radius 3 is 1.19 bits per heavy atom. The first-order chi connectivity index (χ1) is 23.4. The minimum atomic E-state index is -0.381. The molecule has 2 fully saturated rings. The third kappa shape index (κ3) is 15.6. The van der Waals surface area contributed by atoms with Crippen molar-refractivity contribution < 1.29 is 47.6 Å². The van der Waals surface area contributed by atoms with Crippen LogP contribution in [-0.4, -0.2) is 62.5 Å². The SMILES string of the molecule is C=CC(=O)OCCCCCCOC1CCC(C(=O)Oc2ccc(OC(=O)C3CCC(OCCCCCCOC(=O)C=C)CC3)cc2)CC1. The van der Waals surface area contributed by atoms with Crippen LogP contribution in [0.1, 0.15) is 103 Å². The summed E-state index contributed by atoms with van der Waals surface area (Å²) in [6.07, 6.45) is 16.5. The zero-order valence-corrected chi connectivity index (χ0v) is 28.4. The Morgan fingerprint density at radius 1 is 0.521 bits per heavy atom. The van der Waals surface area contributed by atoms with Crippen LogP contribution in [0.5, 0.6) is 11.5 Å². The van der Waals surface area contributed by atoms with Gasteiger partial charge in [-0.25, -0.2) is 9.59 Å². The zero-order valence-electron chi connectivity index (χ0n) is 28.4. The zero-order chi connectivity index (χ0) is 34.4. The lowest BCUT2D eigenvalue weighted by atomic mass is 9.87. The summed E-state index contributed by atoms with van der Waals surface area (Å²) < 4.78 is 33.2. The minimum absolute atomic E-state index is 0.152. The summed E-state index contributed by atoms with van der Waals surface area (Å²) in [5.74, 6) is -0.665. The Morgan fingerprint density at radius 2 is 0.854 bits per heavy atom. The molecule has 0 atom stereocenters. The van der Waals surface area contributed by atoms with E-state index in [-0.39, 0.29) is 47.9 Å². The number of rotatable bonds is 22. The van der Waals surface area contributed by atoms with Gasteiger partial charge in [-0.1, -0.05) is 26.0 Å². The van der Waals surface area contributed by atoms with E-state index in [9.17, 15) is 19.2 Å². The molecule has 0 aliphatic heterocycles. The summed E-state index contributed by atoms with van der Waals surface area (Å²) in [5, 5.41) is 0. The highest BCUT2D eigenvalue weighted by molar-refractivity contribution is 5.81. The van der Waals surface area contributed by atoms with E-state index in [2.05, 4.69) is 13.2 Å². The van der Waals surface area contributed by atoms with E-state index < -0.39 is 0 Å². The number of carbonyl (C=O) groups is 4. The molecular weight excluding hydrogens is 616 g/mol. The second kappa shape index (κ2) is 23.0. The van der Waals surface area contributed by atoms with Crippen molar-refractivity contribution in [3.05, 3.63) is 49.6 Å². The average molecular weight is 671 g/mol. The van der Waals surface area contributed by atoms with Gasteiger partial charge in [-0.15, -0.1) is 0 Å². The first-order valence-corrected chi connectivity index (χ1v) is 17.7. The minimum Gasteiger partial charge on any atom is -0.463 e. The van der Waals surface area contributed by atoms with Gasteiger partial charge in [0.05, 0.1) is 37.3 Å². The summed E-state index contributed by atoms with van der Waals surface area (Å²) in [6, 6.07) is 6.66. The van der Waals surface area contributed by atoms with Crippen LogP contribution in [0.2, 0.25) is 0 Å². The summed E-state index contributed by atoms with van der Waals surface area (Å²) in [7, 11) is 0. The molecule has 266 valence electrons. The first kappa shape index (κ1) is 38.9. The molecule has 2 saturated carbocycles. The molecule has 2 aliphatic carbocycles. The summed E-state index contributed by atoms with van der Waals surface area (Å²) in [4.78, 5) is 47.6. The molecule has 0 unspecified atom stereocenters. The summed E-state index contributed by atoms with van der Waals surface area (Å²) in [5.41, 5.74) is 0. The molecule has 0 aromatic heterocycles. The van der Waals surface area contributed by atoms with Crippen LogP contribution in [0.4, 0.5) is 0 Å². The number of unbranched alkanes of at least 4 members (excludes halogenated alkanes) is 6. The number of benzene rings is 1. The fourth-order valence-corrected chi connectivity index (χ4v) is 5.98. The van der Waals surface area contributed by atoms with Crippen molar-refractivity contribution in [1.82, 2.24) is 0 Å². The van der Waals surface area contributed by atoms with Gasteiger partial charge in [0.1, 0.15) is 11.5 Å². The van der Waals surface area contributed by atoms with E-state index >= 15 is 0 Å². The van der Waals surface area contributed by atoms with Crippen molar-refractivity contribution in [3.8, 4) is 11.5 Å². The van der Waals surface area contributed by atoms with Gasteiger partial charge in [0.2, 0.25) is 0 Å². The first-order valence-electron chi connectivity index (χ1n) is 17.7. The molecule has 0 bridgehead atoms. The van der Waals surface area contributed by atoms with Crippen LogP contribution in [0, 0.1) is 11.8 Å². The van der Waals surface area contributed by atoms with E-state index in [1.807, 2.05) is 0 Å². The second-order valence-electron chi connectivity index (χ2n) is 12.6. The molecule has 3 rings (SSSR count). The average Bonchev–Trinajstić information content (AvgIpc) is 3.11. The lowest BCUT2D eigenvalue weighted by Gasteiger charge is -2.27. The van der Waals surface area contributed by atoms with Crippen molar-refractivity contribution in [2.75, 3.05) is 26.4 Å². The largest absolute Gasteiger partial charge is 0.463 e. The fourth-order valence-electron chi connectivity index (χ4n) is 5.98. The van der Waals surface area contributed by atoms with Gasteiger partial charge in [-0.05, 0) is 114 Å². The third-order valence-electron chi connectivity index (χ3n) is 8.88. The third-order valence-corrected chi connectivity index (χ3v) is 8.88. The van der Waals surface area contributed by atoms with Gasteiger partial charge >= 0.3 is 23.9 Å². The van der Waals surface area contributed by atoms with Crippen molar-refractivity contribution in [3.63, 3.8) is 0 Å². The monoisotopic (exact) mass is 670 g/mol. The van der Waals surface area contributed by atoms with E-state index in [0.717, 1.165) is 103 Å².